The van der Waals surface area contributed by atoms with Gasteiger partial charge in [0.05, 0.1) is 5.75 Å². The van der Waals surface area contributed by atoms with Crippen LogP contribution in [-0.4, -0.2) is 20.2 Å². The lowest BCUT2D eigenvalue weighted by Crippen LogP contribution is -2.18. The average Bonchev–Trinajstić information content (AvgIpc) is 2.95. The van der Waals surface area contributed by atoms with E-state index >= 15 is 0 Å². The van der Waals surface area contributed by atoms with E-state index in [0.717, 1.165) is 17.0 Å². The Morgan fingerprint density at radius 1 is 1.12 bits per heavy atom. The average molecular weight is 346 g/mol. The molecule has 130 valence electrons. The van der Waals surface area contributed by atoms with Crippen LogP contribution in [0.25, 0.3) is 0 Å². The van der Waals surface area contributed by atoms with Gasteiger partial charge in [0.2, 0.25) is 5.12 Å². The van der Waals surface area contributed by atoms with Gasteiger partial charge in [0.1, 0.15) is 11.6 Å². The Morgan fingerprint density at radius 3 is 2.08 bits per heavy atom. The molecule has 0 radical (unpaired) electrons. The lowest BCUT2D eigenvalue weighted by molar-refractivity contribution is 0.108. The first-order chi connectivity index (χ1) is 11.0. The van der Waals surface area contributed by atoms with Crippen LogP contribution >= 0.6 is 11.8 Å². The number of hydrogen-bond acceptors (Lipinski definition) is 4. The van der Waals surface area contributed by atoms with Gasteiger partial charge in [-0.15, -0.1) is 0 Å². The van der Waals surface area contributed by atoms with Gasteiger partial charge in [0, 0.05) is 29.1 Å². The van der Waals surface area contributed by atoms with E-state index in [-0.39, 0.29) is 15.9 Å². The van der Waals surface area contributed by atoms with Crippen molar-refractivity contribution in [2.75, 3.05) is 0 Å². The van der Waals surface area contributed by atoms with Crippen molar-refractivity contribution in [2.45, 2.75) is 58.1 Å². The van der Waals surface area contributed by atoms with E-state index in [1.165, 1.54) is 11.8 Å². The van der Waals surface area contributed by atoms with Gasteiger partial charge in [-0.25, -0.2) is 4.98 Å². The lowest BCUT2D eigenvalue weighted by Gasteiger charge is -2.28. The summed E-state index contributed by atoms with van der Waals surface area (Å²) in [7, 11) is 0. The highest BCUT2D eigenvalue weighted by atomic mass is 32.2. The molecule has 0 spiro atoms. The van der Waals surface area contributed by atoms with E-state index in [4.69, 9.17) is 0 Å². The molecular weight excluding hydrogens is 320 g/mol. The van der Waals surface area contributed by atoms with Crippen molar-refractivity contribution in [3.8, 4) is 5.75 Å². The van der Waals surface area contributed by atoms with Crippen LogP contribution in [0.5, 0.6) is 5.75 Å². The number of carbonyl (C=O) groups excluding carboxylic acids is 1. The van der Waals surface area contributed by atoms with Crippen molar-refractivity contribution in [1.82, 2.24) is 9.97 Å². The molecule has 0 bridgehead atoms. The number of nitrogens with zero attached hydrogens (tertiary/aromatic N) is 1. The van der Waals surface area contributed by atoms with E-state index in [1.54, 1.807) is 12.4 Å². The van der Waals surface area contributed by atoms with E-state index in [9.17, 15) is 9.90 Å². The molecule has 0 atom stereocenters. The second-order valence-electron chi connectivity index (χ2n) is 8.03. The fourth-order valence-corrected chi connectivity index (χ4v) is 3.20. The van der Waals surface area contributed by atoms with Crippen LogP contribution in [0.1, 0.15) is 68.9 Å². The first-order valence-electron chi connectivity index (χ1n) is 8.03. The van der Waals surface area contributed by atoms with Gasteiger partial charge in [-0.05, 0) is 23.0 Å². The van der Waals surface area contributed by atoms with Crippen LogP contribution in [0.4, 0.5) is 0 Å². The zero-order valence-corrected chi connectivity index (χ0v) is 16.0. The Kier molecular flexibility index (Phi) is 5.14. The number of carbonyl (C=O) groups is 1. The summed E-state index contributed by atoms with van der Waals surface area (Å²) in [5.74, 6) is 1.57. The van der Waals surface area contributed by atoms with Gasteiger partial charge >= 0.3 is 0 Å². The smallest absolute Gasteiger partial charge is 0.219 e. The zero-order chi connectivity index (χ0) is 18.1. The van der Waals surface area contributed by atoms with Crippen molar-refractivity contribution in [2.24, 2.45) is 0 Å². The number of hydrogen-bond donors (Lipinski definition) is 2. The molecule has 4 nitrogen and oxygen atoms in total. The molecule has 0 saturated heterocycles. The largest absolute Gasteiger partial charge is 0.507 e. The van der Waals surface area contributed by atoms with Crippen LogP contribution in [0.15, 0.2) is 24.5 Å². The standard InChI is InChI=1S/C19H26N2O2S/c1-18(2,3)13-9-12(10-14(16(13)22)19(4,5)6)17(23)24-11-15-20-7-8-21-15/h7-10,22H,11H2,1-6H3,(H,20,21). The van der Waals surface area contributed by atoms with Crippen molar-refractivity contribution >= 4 is 16.9 Å². The fraction of sp³-hybridized carbons (Fsp3) is 0.474. The monoisotopic (exact) mass is 346 g/mol. The SMILES string of the molecule is CC(C)(C)c1cc(C(=O)SCc2ncc[nH]2)cc(C(C)(C)C)c1O. The van der Waals surface area contributed by atoms with E-state index in [2.05, 4.69) is 9.97 Å². The molecule has 0 amide bonds. The number of aromatic amines is 1. The Bertz CT molecular complexity index is 688. The molecular formula is C19H26N2O2S. The number of imidazole rings is 1. The van der Waals surface area contributed by atoms with Crippen molar-refractivity contribution in [1.29, 1.82) is 0 Å². The van der Waals surface area contributed by atoms with Crippen molar-refractivity contribution in [3.63, 3.8) is 0 Å². The Balaban J connectivity index is 2.40. The number of aromatic hydroxyl groups is 1. The molecule has 24 heavy (non-hydrogen) atoms. The van der Waals surface area contributed by atoms with Gasteiger partial charge in [-0.1, -0.05) is 53.3 Å². The van der Waals surface area contributed by atoms with Crippen molar-refractivity contribution < 1.29 is 9.90 Å². The Hall–Kier alpha value is -1.75. The van der Waals surface area contributed by atoms with Gasteiger partial charge < -0.3 is 10.1 Å². The summed E-state index contributed by atoms with van der Waals surface area (Å²) in [6, 6.07) is 3.64. The number of rotatable bonds is 3. The molecule has 0 fully saturated rings. The van der Waals surface area contributed by atoms with Gasteiger partial charge in [0.25, 0.3) is 0 Å². The topological polar surface area (TPSA) is 66.0 Å². The maximum atomic E-state index is 12.6. The minimum atomic E-state index is -0.244. The summed E-state index contributed by atoms with van der Waals surface area (Å²) in [5.41, 5.74) is 1.74. The maximum Gasteiger partial charge on any atom is 0.219 e. The molecule has 0 aliphatic heterocycles. The minimum absolute atomic E-state index is 0.0117. The number of phenolic OH excluding ortho intramolecular Hbond substituents is 1. The predicted octanol–water partition coefficient (Wildman–Crippen LogP) is 4.78. The molecule has 1 aromatic heterocycles. The molecule has 0 unspecified atom stereocenters. The highest BCUT2D eigenvalue weighted by molar-refractivity contribution is 8.13. The summed E-state index contributed by atoms with van der Waals surface area (Å²) < 4.78 is 0. The Morgan fingerprint density at radius 2 is 1.67 bits per heavy atom. The summed E-state index contributed by atoms with van der Waals surface area (Å²) in [6.07, 6.45) is 3.42. The predicted molar refractivity (Wildman–Crippen MR) is 99.7 cm³/mol. The number of nitrogens with one attached hydrogen (secondary N) is 1. The molecule has 0 aliphatic rings. The van der Waals surface area contributed by atoms with Crippen LogP contribution in [-0.2, 0) is 16.6 Å². The van der Waals surface area contributed by atoms with E-state index in [1.807, 2.05) is 53.7 Å². The van der Waals surface area contributed by atoms with E-state index < -0.39 is 0 Å². The van der Waals surface area contributed by atoms with Gasteiger partial charge in [0.15, 0.2) is 0 Å². The summed E-state index contributed by atoms with van der Waals surface area (Å²) in [4.78, 5) is 19.8. The molecule has 1 heterocycles. The number of benzene rings is 1. The minimum Gasteiger partial charge on any atom is -0.507 e. The summed E-state index contributed by atoms with van der Waals surface area (Å²) >= 11 is 1.22. The van der Waals surface area contributed by atoms with Crippen LogP contribution in [0.2, 0.25) is 0 Å². The summed E-state index contributed by atoms with van der Waals surface area (Å²) in [6.45, 7) is 12.2. The lowest BCUT2D eigenvalue weighted by atomic mass is 9.78. The van der Waals surface area contributed by atoms with Crippen LogP contribution in [0.3, 0.4) is 0 Å². The van der Waals surface area contributed by atoms with Crippen molar-refractivity contribution in [3.05, 3.63) is 47.0 Å². The Labute approximate surface area is 148 Å². The first kappa shape index (κ1) is 18.6. The highest BCUT2D eigenvalue weighted by Gasteiger charge is 2.27. The number of aromatic nitrogens is 2. The second kappa shape index (κ2) is 6.63. The molecule has 1 aromatic carbocycles. The number of thioether (sulfide) groups is 1. The third kappa shape index (κ3) is 4.20. The highest BCUT2D eigenvalue weighted by Crippen LogP contribution is 2.40. The van der Waals surface area contributed by atoms with Gasteiger partial charge in [-0.3, -0.25) is 4.79 Å². The quantitative estimate of drug-likeness (QED) is 0.839. The third-order valence-corrected chi connectivity index (χ3v) is 4.77. The zero-order valence-electron chi connectivity index (χ0n) is 15.2. The van der Waals surface area contributed by atoms with E-state index in [0.29, 0.717) is 17.1 Å². The van der Waals surface area contributed by atoms with Gasteiger partial charge in [-0.2, -0.15) is 0 Å². The first-order valence-corrected chi connectivity index (χ1v) is 9.02. The summed E-state index contributed by atoms with van der Waals surface area (Å²) in [5, 5.41) is 10.7. The van der Waals surface area contributed by atoms with Crippen LogP contribution < -0.4 is 0 Å². The number of phenols is 1. The molecule has 0 aliphatic carbocycles. The molecule has 2 aromatic rings. The number of H-pyrrole nitrogens is 1. The maximum absolute atomic E-state index is 12.6. The molecule has 0 saturated carbocycles. The van der Waals surface area contributed by atoms with Crippen LogP contribution in [0, 0.1) is 0 Å². The second-order valence-corrected chi connectivity index (χ2v) is 8.98. The fourth-order valence-electron chi connectivity index (χ4n) is 2.49. The molecule has 5 heteroatoms. The molecule has 2 rings (SSSR count). The third-order valence-electron chi connectivity index (χ3n) is 3.86. The molecule has 2 N–H and O–H groups in total. The normalized spacial score (nSPS) is 12.4.